The van der Waals surface area contributed by atoms with E-state index in [-0.39, 0.29) is 23.2 Å². The minimum Gasteiger partial charge on any atom is -0.484 e. The average molecular weight is 492 g/mol. The molecule has 2 aliphatic heterocycles. The molecule has 0 atom stereocenters. The summed E-state index contributed by atoms with van der Waals surface area (Å²) in [6.07, 6.45) is 2.23. The third kappa shape index (κ3) is 4.98. The Morgan fingerprint density at radius 2 is 1.91 bits per heavy atom. The number of hydrogen-bond donors (Lipinski definition) is 1. The van der Waals surface area contributed by atoms with Crippen molar-refractivity contribution in [2.45, 2.75) is 57.4 Å². The molecule has 1 fully saturated rings. The number of pyridine rings is 1. The number of rotatable bonds is 6. The molecule has 2 aromatic rings. The van der Waals surface area contributed by atoms with E-state index in [4.69, 9.17) is 9.47 Å². The van der Waals surface area contributed by atoms with E-state index in [0.29, 0.717) is 49.8 Å². The third-order valence-corrected chi connectivity index (χ3v) is 6.44. The number of hydrogen-bond acceptors (Lipinski definition) is 5. The van der Waals surface area contributed by atoms with Crippen LogP contribution in [-0.4, -0.2) is 48.1 Å². The molecule has 35 heavy (non-hydrogen) atoms. The zero-order valence-electron chi connectivity index (χ0n) is 20.1. The number of fused-ring (bicyclic) bond motifs is 1. The fourth-order valence-corrected chi connectivity index (χ4v) is 4.24. The van der Waals surface area contributed by atoms with Crippen molar-refractivity contribution in [1.29, 1.82) is 0 Å². The smallest absolute Gasteiger partial charge is 0.278 e. The van der Waals surface area contributed by atoms with Gasteiger partial charge in [-0.15, -0.1) is 0 Å². The number of alkyl halides is 2. The standard InChI is InChI=1S/C25H28F3N3O4/c1-23(2)16-11-15(21(32)30-24(3)7-9-34-10-8-24)5-6-18(16)31(22(23)33)20-12-19(17(26)13-29-20)35-14-25(4,27)28/h5-6,11-13H,7-10,14H2,1-4H3,(H,30,32). The molecule has 0 radical (unpaired) electrons. The summed E-state index contributed by atoms with van der Waals surface area (Å²) in [6.45, 7) is 6.19. The molecule has 2 amide bonds. The molecule has 0 aliphatic carbocycles. The van der Waals surface area contributed by atoms with E-state index in [0.717, 1.165) is 12.3 Å². The number of anilines is 2. The van der Waals surface area contributed by atoms with Crippen molar-refractivity contribution in [2.24, 2.45) is 0 Å². The maximum absolute atomic E-state index is 14.2. The van der Waals surface area contributed by atoms with Gasteiger partial charge in [0, 0.05) is 37.3 Å². The quantitative estimate of drug-likeness (QED) is 0.643. The Bertz CT molecular complexity index is 1160. The molecule has 0 bridgehead atoms. The number of benzene rings is 1. The molecule has 2 aliphatic rings. The molecule has 0 spiro atoms. The second kappa shape index (κ2) is 8.82. The van der Waals surface area contributed by atoms with Crippen LogP contribution < -0.4 is 15.0 Å². The first kappa shape index (κ1) is 25.0. The first-order valence-electron chi connectivity index (χ1n) is 11.4. The normalized spacial score (nSPS) is 18.8. The predicted molar refractivity (Wildman–Crippen MR) is 123 cm³/mol. The number of aromatic nitrogens is 1. The van der Waals surface area contributed by atoms with E-state index >= 15 is 0 Å². The summed E-state index contributed by atoms with van der Waals surface area (Å²) in [5.74, 6) is -5.09. The molecule has 10 heteroatoms. The van der Waals surface area contributed by atoms with Gasteiger partial charge >= 0.3 is 0 Å². The van der Waals surface area contributed by atoms with Gasteiger partial charge in [0.25, 0.3) is 11.8 Å². The summed E-state index contributed by atoms with van der Waals surface area (Å²) in [4.78, 5) is 31.7. The van der Waals surface area contributed by atoms with E-state index in [9.17, 15) is 22.8 Å². The van der Waals surface area contributed by atoms with Crippen LogP contribution in [-0.2, 0) is 14.9 Å². The van der Waals surface area contributed by atoms with Crippen molar-refractivity contribution >= 4 is 23.3 Å². The minimum absolute atomic E-state index is 0.0320. The lowest BCUT2D eigenvalue weighted by molar-refractivity contribution is -0.121. The van der Waals surface area contributed by atoms with Crippen molar-refractivity contribution in [3.63, 3.8) is 0 Å². The molecular formula is C25H28F3N3O4. The molecule has 188 valence electrons. The van der Waals surface area contributed by atoms with Gasteiger partial charge in [-0.1, -0.05) is 0 Å². The maximum Gasteiger partial charge on any atom is 0.278 e. The van der Waals surface area contributed by atoms with E-state index in [1.807, 2.05) is 6.92 Å². The molecule has 4 rings (SSSR count). The molecule has 1 saturated heterocycles. The van der Waals surface area contributed by atoms with Crippen LogP contribution in [0.25, 0.3) is 0 Å². The second-order valence-corrected chi connectivity index (χ2v) is 9.96. The third-order valence-electron chi connectivity index (χ3n) is 6.44. The monoisotopic (exact) mass is 491 g/mol. The SMILES string of the molecule is CC(F)(F)COc1cc(N2C(=O)C(C)(C)c3cc(C(=O)NC4(C)CCOCC4)ccc32)ncc1F. The molecule has 1 N–H and O–H groups in total. The van der Waals surface area contributed by atoms with Crippen LogP contribution >= 0.6 is 0 Å². The fraction of sp³-hybridized carbons (Fsp3) is 0.480. The Morgan fingerprint density at radius 3 is 2.57 bits per heavy atom. The fourth-order valence-electron chi connectivity index (χ4n) is 4.24. The highest BCUT2D eigenvalue weighted by molar-refractivity contribution is 6.12. The van der Waals surface area contributed by atoms with E-state index in [1.165, 1.54) is 4.90 Å². The van der Waals surface area contributed by atoms with Gasteiger partial charge in [0.1, 0.15) is 5.82 Å². The zero-order chi connectivity index (χ0) is 25.6. The van der Waals surface area contributed by atoms with Gasteiger partial charge in [0.15, 0.2) is 18.2 Å². The molecule has 0 saturated carbocycles. The highest BCUT2D eigenvalue weighted by Crippen LogP contribution is 2.45. The Morgan fingerprint density at radius 1 is 1.23 bits per heavy atom. The van der Waals surface area contributed by atoms with Crippen LogP contribution in [0, 0.1) is 5.82 Å². The van der Waals surface area contributed by atoms with Gasteiger partial charge in [-0.3, -0.25) is 14.5 Å². The first-order chi connectivity index (χ1) is 16.3. The number of carbonyl (C=O) groups is 2. The van der Waals surface area contributed by atoms with Crippen LogP contribution in [0.5, 0.6) is 5.75 Å². The zero-order valence-corrected chi connectivity index (χ0v) is 20.1. The van der Waals surface area contributed by atoms with E-state index in [1.54, 1.807) is 32.0 Å². The van der Waals surface area contributed by atoms with Crippen LogP contribution in [0.3, 0.4) is 0 Å². The summed E-state index contributed by atoms with van der Waals surface area (Å²) < 4.78 is 50.9. The molecule has 3 heterocycles. The summed E-state index contributed by atoms with van der Waals surface area (Å²) >= 11 is 0. The Kier molecular flexibility index (Phi) is 6.29. The van der Waals surface area contributed by atoms with Crippen molar-refractivity contribution < 1.29 is 32.2 Å². The average Bonchev–Trinajstić information content (AvgIpc) is 2.98. The predicted octanol–water partition coefficient (Wildman–Crippen LogP) is 4.51. The highest BCUT2D eigenvalue weighted by atomic mass is 19.3. The van der Waals surface area contributed by atoms with Gasteiger partial charge in [-0.25, -0.2) is 18.2 Å². The Labute approximate surface area is 201 Å². The maximum atomic E-state index is 14.2. The second-order valence-electron chi connectivity index (χ2n) is 9.96. The van der Waals surface area contributed by atoms with Crippen molar-refractivity contribution in [3.05, 3.63) is 47.4 Å². The van der Waals surface area contributed by atoms with Crippen molar-refractivity contribution in [1.82, 2.24) is 10.3 Å². The number of amides is 2. The lowest BCUT2D eigenvalue weighted by atomic mass is 9.85. The summed E-state index contributed by atoms with van der Waals surface area (Å²) in [5.41, 5.74) is 0.0816. The summed E-state index contributed by atoms with van der Waals surface area (Å²) in [6, 6.07) is 6.03. The van der Waals surface area contributed by atoms with Crippen LogP contribution in [0.2, 0.25) is 0 Å². The largest absolute Gasteiger partial charge is 0.484 e. The number of nitrogens with one attached hydrogen (secondary N) is 1. The molecule has 0 unspecified atom stereocenters. The molecule has 7 nitrogen and oxygen atoms in total. The minimum atomic E-state index is -3.16. The number of nitrogens with zero attached hydrogens (tertiary/aromatic N) is 2. The number of carbonyl (C=O) groups excluding carboxylic acids is 2. The molecule has 1 aromatic heterocycles. The van der Waals surface area contributed by atoms with Gasteiger partial charge in [0.2, 0.25) is 5.91 Å². The Balaban J connectivity index is 1.65. The van der Waals surface area contributed by atoms with Crippen LogP contribution in [0.4, 0.5) is 24.7 Å². The lowest BCUT2D eigenvalue weighted by Crippen LogP contribution is -2.49. The van der Waals surface area contributed by atoms with Crippen molar-refractivity contribution in [3.8, 4) is 5.75 Å². The van der Waals surface area contributed by atoms with Crippen LogP contribution in [0.1, 0.15) is 56.5 Å². The van der Waals surface area contributed by atoms with Gasteiger partial charge in [-0.05, 0) is 57.4 Å². The van der Waals surface area contributed by atoms with Gasteiger partial charge in [0.05, 0.1) is 17.3 Å². The summed E-state index contributed by atoms with van der Waals surface area (Å²) in [5, 5.41) is 3.07. The summed E-state index contributed by atoms with van der Waals surface area (Å²) in [7, 11) is 0. The lowest BCUT2D eigenvalue weighted by Gasteiger charge is -2.34. The first-order valence-corrected chi connectivity index (χ1v) is 11.4. The van der Waals surface area contributed by atoms with E-state index < -0.39 is 29.5 Å². The van der Waals surface area contributed by atoms with Crippen molar-refractivity contribution in [2.75, 3.05) is 24.7 Å². The number of ether oxygens (including phenoxy) is 2. The van der Waals surface area contributed by atoms with Crippen LogP contribution in [0.15, 0.2) is 30.5 Å². The Hall–Kier alpha value is -3.14. The topological polar surface area (TPSA) is 80.8 Å². The highest BCUT2D eigenvalue weighted by Gasteiger charge is 2.45. The van der Waals surface area contributed by atoms with E-state index in [2.05, 4.69) is 10.3 Å². The molecule has 1 aromatic carbocycles. The van der Waals surface area contributed by atoms with Gasteiger partial charge < -0.3 is 14.8 Å². The molecular weight excluding hydrogens is 463 g/mol. The van der Waals surface area contributed by atoms with Gasteiger partial charge in [-0.2, -0.15) is 0 Å². The number of halogens is 3.